The van der Waals surface area contributed by atoms with E-state index in [9.17, 15) is 0 Å². The monoisotopic (exact) mass is 667 g/mol. The maximum Gasteiger partial charge on any atom is 0.201 e. The van der Waals surface area contributed by atoms with Gasteiger partial charge in [-0.2, -0.15) is 5.10 Å². The highest BCUT2D eigenvalue weighted by molar-refractivity contribution is 5.90. The standard InChI is InChI=1S/C37H53N3O8/c1-20-7-9-27-22(3)30(41-32-36(27)25(20)11-15-34(5,43-32)45-47-36)19-29(40-39-24-13-17-38-18-14-24)31-23(4)28-10-8-21(2)26-12-16-35(6)44-33(42-31)37(26,28)48-46-35/h13-14,17-18,20-23,25-28,30-33H,7-12,15-16,19H2,1-6H3,(H,38,39)/b40-29-/t20-,21-,22-,23-,25+,26+,27+,28+,30-,31+,32-,33-,34+,35+,36?,37?/m1/s1. The molecule has 2 saturated carbocycles. The molecule has 9 heterocycles. The highest BCUT2D eigenvalue weighted by atomic mass is 17.3. The fraction of sp³-hybridized carbons (Fsp3) is 0.838. The molecule has 11 heteroatoms. The largest absolute Gasteiger partial charge is 0.345 e. The van der Waals surface area contributed by atoms with Crippen LogP contribution >= 0.6 is 0 Å². The number of nitrogens with one attached hydrogen (secondary N) is 1. The molecule has 4 bridgehead atoms. The summed E-state index contributed by atoms with van der Waals surface area (Å²) in [6.45, 7) is 13.3. The van der Waals surface area contributed by atoms with Crippen LogP contribution in [0, 0.1) is 47.3 Å². The van der Waals surface area contributed by atoms with Crippen molar-refractivity contribution < 1.29 is 38.5 Å². The van der Waals surface area contributed by atoms with Crippen molar-refractivity contribution in [2.75, 3.05) is 5.43 Å². The molecule has 264 valence electrons. The third-order valence-electron chi connectivity index (χ3n) is 14.2. The molecule has 10 fully saturated rings. The molecule has 1 aromatic rings. The Morgan fingerprint density at radius 1 is 0.729 bits per heavy atom. The number of anilines is 1. The number of rotatable bonds is 5. The van der Waals surface area contributed by atoms with Crippen LogP contribution in [0.1, 0.15) is 99.3 Å². The zero-order valence-electron chi connectivity index (χ0n) is 29.3. The Morgan fingerprint density at radius 3 is 1.90 bits per heavy atom. The van der Waals surface area contributed by atoms with Gasteiger partial charge in [-0.3, -0.25) is 10.4 Å². The van der Waals surface area contributed by atoms with Crippen LogP contribution in [0.3, 0.4) is 0 Å². The number of nitrogens with zero attached hydrogens (tertiary/aromatic N) is 2. The van der Waals surface area contributed by atoms with Crippen LogP contribution in [0.25, 0.3) is 0 Å². The van der Waals surface area contributed by atoms with Crippen molar-refractivity contribution in [1.29, 1.82) is 0 Å². The summed E-state index contributed by atoms with van der Waals surface area (Å²) in [5.74, 6) is 0.692. The highest BCUT2D eigenvalue weighted by Crippen LogP contribution is 2.63. The van der Waals surface area contributed by atoms with Crippen LogP contribution in [-0.2, 0) is 38.5 Å². The van der Waals surface area contributed by atoms with Crippen LogP contribution in [-0.4, -0.2) is 58.3 Å². The maximum atomic E-state index is 7.13. The van der Waals surface area contributed by atoms with E-state index in [1.54, 1.807) is 12.4 Å². The molecule has 11 rings (SSSR count). The second kappa shape index (κ2) is 11.4. The summed E-state index contributed by atoms with van der Waals surface area (Å²) < 4.78 is 27.7. The first-order valence-electron chi connectivity index (χ1n) is 18.7. The predicted molar refractivity (Wildman–Crippen MR) is 174 cm³/mol. The van der Waals surface area contributed by atoms with Crippen molar-refractivity contribution in [2.24, 2.45) is 52.4 Å². The van der Waals surface area contributed by atoms with E-state index < -0.39 is 35.4 Å². The summed E-state index contributed by atoms with van der Waals surface area (Å²) in [4.78, 5) is 29.3. The van der Waals surface area contributed by atoms with E-state index in [1.807, 2.05) is 26.0 Å². The first-order valence-corrected chi connectivity index (χ1v) is 18.7. The van der Waals surface area contributed by atoms with E-state index in [0.717, 1.165) is 62.8 Å². The van der Waals surface area contributed by atoms with Gasteiger partial charge >= 0.3 is 0 Å². The van der Waals surface area contributed by atoms with E-state index in [1.165, 1.54) is 0 Å². The summed E-state index contributed by atoms with van der Waals surface area (Å²) in [6, 6.07) is 3.85. The minimum atomic E-state index is -0.840. The number of aromatic nitrogens is 1. The van der Waals surface area contributed by atoms with Crippen LogP contribution in [0.2, 0.25) is 0 Å². The van der Waals surface area contributed by atoms with Crippen molar-refractivity contribution in [1.82, 2.24) is 4.98 Å². The third-order valence-corrected chi connectivity index (χ3v) is 14.2. The molecule has 2 spiro atoms. The molecule has 0 aromatic carbocycles. The Kier molecular flexibility index (Phi) is 7.65. The van der Waals surface area contributed by atoms with Gasteiger partial charge in [-0.1, -0.05) is 27.7 Å². The highest BCUT2D eigenvalue weighted by Gasteiger charge is 2.71. The number of hydrogen-bond acceptors (Lipinski definition) is 11. The number of pyridine rings is 1. The van der Waals surface area contributed by atoms with E-state index in [4.69, 9.17) is 43.6 Å². The summed E-state index contributed by atoms with van der Waals surface area (Å²) in [5, 5.41) is 5.14. The van der Waals surface area contributed by atoms with Crippen LogP contribution in [0.4, 0.5) is 5.69 Å². The average Bonchev–Trinajstić information content (AvgIpc) is 3.45. The minimum absolute atomic E-state index is 0.106. The molecule has 2 aliphatic carbocycles. The quantitative estimate of drug-likeness (QED) is 0.206. The van der Waals surface area contributed by atoms with Gasteiger partial charge in [0.1, 0.15) is 6.10 Å². The van der Waals surface area contributed by atoms with Crippen molar-refractivity contribution in [2.45, 2.75) is 147 Å². The zero-order valence-corrected chi connectivity index (χ0v) is 29.3. The first kappa shape index (κ1) is 32.2. The lowest BCUT2D eigenvalue weighted by molar-refractivity contribution is -0.571. The molecule has 0 radical (unpaired) electrons. The van der Waals surface area contributed by atoms with Crippen molar-refractivity contribution >= 4 is 11.4 Å². The van der Waals surface area contributed by atoms with E-state index >= 15 is 0 Å². The molecule has 11 nitrogen and oxygen atoms in total. The summed E-state index contributed by atoms with van der Waals surface area (Å²) in [6.07, 6.45) is 10.6. The molecule has 0 amide bonds. The number of hydrogen-bond donors (Lipinski definition) is 1. The van der Waals surface area contributed by atoms with Crippen LogP contribution in [0.5, 0.6) is 0 Å². The summed E-state index contributed by atoms with van der Waals surface area (Å²) in [7, 11) is 0. The molecule has 2 unspecified atom stereocenters. The Balaban J connectivity index is 1.07. The average molecular weight is 668 g/mol. The second-order valence-electron chi connectivity index (χ2n) is 16.9. The number of fused-ring (bicyclic) bond motifs is 4. The van der Waals surface area contributed by atoms with E-state index in [2.05, 4.69) is 38.1 Å². The van der Waals surface area contributed by atoms with Gasteiger partial charge in [-0.15, -0.1) is 0 Å². The minimum Gasteiger partial charge on any atom is -0.345 e. The van der Waals surface area contributed by atoms with Gasteiger partial charge in [0.2, 0.25) is 11.6 Å². The maximum absolute atomic E-state index is 7.13. The molecule has 8 aliphatic heterocycles. The Morgan fingerprint density at radius 2 is 1.29 bits per heavy atom. The topological polar surface area (TPSA) is 111 Å². The van der Waals surface area contributed by atoms with E-state index in [-0.39, 0.29) is 35.9 Å². The van der Waals surface area contributed by atoms with Gasteiger partial charge in [0.05, 0.1) is 17.5 Å². The lowest BCUT2D eigenvalue weighted by Gasteiger charge is -2.61. The molecule has 8 saturated heterocycles. The molecule has 10 aliphatic rings. The van der Waals surface area contributed by atoms with Gasteiger partial charge in [0, 0.05) is 43.5 Å². The van der Waals surface area contributed by atoms with E-state index in [0.29, 0.717) is 30.1 Å². The number of hydrazone groups is 1. The smallest absolute Gasteiger partial charge is 0.201 e. The van der Waals surface area contributed by atoms with Gasteiger partial charge < -0.3 is 18.9 Å². The van der Waals surface area contributed by atoms with Crippen molar-refractivity contribution in [3.63, 3.8) is 0 Å². The van der Waals surface area contributed by atoms with Crippen LogP contribution < -0.4 is 5.43 Å². The first-order chi connectivity index (χ1) is 23.1. The fourth-order valence-electron chi connectivity index (χ4n) is 11.5. The molecular formula is C37H53N3O8. The van der Waals surface area contributed by atoms with Gasteiger partial charge in [0.25, 0.3) is 0 Å². The molecule has 1 N–H and O–H groups in total. The van der Waals surface area contributed by atoms with Gasteiger partial charge in [-0.25, -0.2) is 19.6 Å². The Labute approximate surface area is 283 Å². The Bertz CT molecular complexity index is 1420. The molecule has 1 aromatic heterocycles. The fourth-order valence-corrected chi connectivity index (χ4v) is 11.5. The molecular weight excluding hydrogens is 614 g/mol. The second-order valence-corrected chi connectivity index (χ2v) is 16.9. The summed E-state index contributed by atoms with van der Waals surface area (Å²) >= 11 is 0. The SMILES string of the molecule is C[C@H]1[C@@H](/C(C[C@H]2O[C@@H]3O[C@]4(C)CC[C@H]5[C@H](C)CC[C@@H]([C@H]2C)C35OO4)=N\Nc2ccncc2)O[C@@H]2O[C@]3(C)CC[C@H]4[C@H](C)CC[C@@H]1C24OO3. The normalized spacial score (nSPS) is 54.1. The van der Waals surface area contributed by atoms with Crippen molar-refractivity contribution in [3.8, 4) is 0 Å². The molecule has 48 heavy (non-hydrogen) atoms. The lowest BCUT2D eigenvalue weighted by atomic mass is 9.56. The van der Waals surface area contributed by atoms with Crippen molar-refractivity contribution in [3.05, 3.63) is 24.5 Å². The predicted octanol–water partition coefficient (Wildman–Crippen LogP) is 6.74. The lowest BCUT2D eigenvalue weighted by Crippen LogP contribution is -2.71. The van der Waals surface area contributed by atoms with Gasteiger partial charge in [0.15, 0.2) is 23.8 Å². The van der Waals surface area contributed by atoms with Crippen LogP contribution in [0.15, 0.2) is 29.6 Å². The third kappa shape index (κ3) is 4.67. The Hall–Kier alpha value is -1.70. The van der Waals surface area contributed by atoms with Gasteiger partial charge in [-0.05, 0) is 100 Å². The number of ether oxygens (including phenoxy) is 4. The molecule has 16 atom stereocenters. The zero-order chi connectivity index (χ0) is 33.1. The summed E-state index contributed by atoms with van der Waals surface area (Å²) in [5.41, 5.74) is 3.88.